The van der Waals surface area contributed by atoms with Crippen LogP contribution in [0.1, 0.15) is 11.1 Å². The van der Waals surface area contributed by atoms with Gasteiger partial charge >= 0.3 is 0 Å². The third-order valence-electron chi connectivity index (χ3n) is 6.00. The highest BCUT2D eigenvalue weighted by Crippen LogP contribution is 2.34. The van der Waals surface area contributed by atoms with Crippen LogP contribution in [-0.2, 0) is 16.0 Å². The molecule has 174 valence electrons. The summed E-state index contributed by atoms with van der Waals surface area (Å²) < 4.78 is 19.0. The van der Waals surface area contributed by atoms with Crippen molar-refractivity contribution in [3.05, 3.63) is 63.8 Å². The largest absolute Gasteiger partial charge is 0.497 e. The first-order valence-corrected chi connectivity index (χ1v) is 11.1. The van der Waals surface area contributed by atoms with Crippen molar-refractivity contribution in [2.45, 2.75) is 37.2 Å². The van der Waals surface area contributed by atoms with Crippen LogP contribution in [0.3, 0.4) is 0 Å². The molecule has 2 aliphatic heterocycles. The molecule has 8 nitrogen and oxygen atoms in total. The van der Waals surface area contributed by atoms with E-state index in [1.54, 1.807) is 13.2 Å². The van der Waals surface area contributed by atoms with Crippen molar-refractivity contribution in [1.82, 2.24) is 4.57 Å². The molecule has 1 aromatic heterocycles. The zero-order valence-corrected chi connectivity index (χ0v) is 19.1. The molecule has 2 aliphatic rings. The predicted octanol–water partition coefficient (Wildman–Crippen LogP) is 2.59. The lowest BCUT2D eigenvalue weighted by atomic mass is 9.98. The molecule has 3 aromatic rings. The molecular weight excluding hydrogens is 471 g/mol. The second-order valence-electron chi connectivity index (χ2n) is 8.05. The molecule has 1 saturated heterocycles. The normalized spacial score (nSPS) is 26.7. The van der Waals surface area contributed by atoms with Crippen molar-refractivity contribution in [2.75, 3.05) is 13.7 Å². The molecule has 10 heteroatoms. The van der Waals surface area contributed by atoms with E-state index < -0.39 is 37.3 Å². The van der Waals surface area contributed by atoms with Crippen LogP contribution in [0.25, 0.3) is 10.9 Å². The van der Waals surface area contributed by atoms with Crippen molar-refractivity contribution in [3.63, 3.8) is 0 Å². The second-order valence-corrected chi connectivity index (χ2v) is 8.87. The molecule has 5 atom stereocenters. The Hall–Kier alpha value is -2.33. The molecule has 5 rings (SSSR count). The van der Waals surface area contributed by atoms with Gasteiger partial charge in [-0.05, 0) is 29.8 Å². The Bertz CT molecular complexity index is 1230. The summed E-state index contributed by atoms with van der Waals surface area (Å²) in [5, 5.41) is 31.9. The molecule has 33 heavy (non-hydrogen) atoms. The van der Waals surface area contributed by atoms with Crippen LogP contribution in [0, 0.1) is 0 Å². The van der Waals surface area contributed by atoms with E-state index in [-0.39, 0.29) is 5.90 Å². The van der Waals surface area contributed by atoms with E-state index in [0.29, 0.717) is 27.9 Å². The van der Waals surface area contributed by atoms with Crippen LogP contribution < -0.4 is 4.74 Å². The third-order valence-corrected chi connectivity index (χ3v) is 6.74. The van der Waals surface area contributed by atoms with Gasteiger partial charge < -0.3 is 34.1 Å². The molecule has 0 amide bonds. The number of fused-ring (bicyclic) bond motifs is 2. The number of hydrogen-bond donors (Lipinski definition) is 3. The van der Waals surface area contributed by atoms with Crippen LogP contribution in [0.2, 0.25) is 10.0 Å². The van der Waals surface area contributed by atoms with Crippen molar-refractivity contribution >= 4 is 40.0 Å². The van der Waals surface area contributed by atoms with Crippen LogP contribution in [-0.4, -0.2) is 70.1 Å². The summed E-state index contributed by atoms with van der Waals surface area (Å²) in [5.41, 5.74) is 2.53. The first-order chi connectivity index (χ1) is 15.9. The first-order valence-electron chi connectivity index (χ1n) is 10.4. The maximum absolute atomic E-state index is 10.5. The van der Waals surface area contributed by atoms with Crippen molar-refractivity contribution in [1.29, 1.82) is 0 Å². The van der Waals surface area contributed by atoms with Gasteiger partial charge in [-0.25, -0.2) is 4.99 Å². The highest BCUT2D eigenvalue weighted by molar-refractivity contribution is 6.42. The molecule has 1 fully saturated rings. The lowest BCUT2D eigenvalue weighted by molar-refractivity contribution is -0.234. The van der Waals surface area contributed by atoms with Crippen LogP contribution >= 0.6 is 23.2 Å². The molecule has 0 spiro atoms. The zero-order chi connectivity index (χ0) is 23.3. The molecule has 3 heterocycles. The van der Waals surface area contributed by atoms with Crippen molar-refractivity contribution in [3.8, 4) is 5.75 Å². The van der Waals surface area contributed by atoms with Gasteiger partial charge in [0.2, 0.25) is 12.2 Å². The number of aliphatic hydroxyl groups excluding tert-OH is 3. The number of ether oxygens (including phenoxy) is 3. The van der Waals surface area contributed by atoms with Crippen LogP contribution in [0.15, 0.2) is 47.6 Å². The molecule has 2 aromatic carbocycles. The molecule has 1 unspecified atom stereocenters. The minimum absolute atomic E-state index is 0.290. The maximum Gasteiger partial charge on any atom is 0.227 e. The average Bonchev–Trinajstić information content (AvgIpc) is 3.40. The molecule has 0 radical (unpaired) electrons. The summed E-state index contributed by atoms with van der Waals surface area (Å²) >= 11 is 12.3. The van der Waals surface area contributed by atoms with Crippen LogP contribution in [0.5, 0.6) is 5.75 Å². The number of rotatable bonds is 5. The molecule has 0 saturated carbocycles. The van der Waals surface area contributed by atoms with Gasteiger partial charge in [0.05, 0.1) is 34.8 Å². The van der Waals surface area contributed by atoms with Gasteiger partial charge in [-0.15, -0.1) is 0 Å². The standard InChI is InChI=1S/C23H22Cl2N2O6/c1-31-12-3-4-13-14(22-26-19-21(30)20(29)18(10-28)32-23(19)33-22)9-27(17(13)7-12)8-11-2-5-15(24)16(25)6-11/h2-7,9,18-21,23,28-30H,8,10H2,1H3/t18-,19-,20-,21?,23-/m1/s1. The summed E-state index contributed by atoms with van der Waals surface area (Å²) in [7, 11) is 1.60. The summed E-state index contributed by atoms with van der Waals surface area (Å²) in [6, 6.07) is 10.3. The third kappa shape index (κ3) is 3.97. The number of aliphatic hydroxyl groups is 3. The highest BCUT2D eigenvalue weighted by Gasteiger charge is 2.49. The lowest BCUT2D eigenvalue weighted by Crippen LogP contribution is -2.56. The smallest absolute Gasteiger partial charge is 0.227 e. The second kappa shape index (κ2) is 8.79. The number of methoxy groups -OCH3 is 1. The fourth-order valence-corrected chi connectivity index (χ4v) is 4.57. The lowest BCUT2D eigenvalue weighted by Gasteiger charge is -2.36. The summed E-state index contributed by atoms with van der Waals surface area (Å²) in [5.74, 6) is 0.982. The van der Waals surface area contributed by atoms with E-state index in [9.17, 15) is 15.3 Å². The van der Waals surface area contributed by atoms with Crippen molar-refractivity contribution in [2.24, 2.45) is 4.99 Å². The van der Waals surface area contributed by atoms with Crippen molar-refractivity contribution < 1.29 is 29.5 Å². The van der Waals surface area contributed by atoms with E-state index in [4.69, 9.17) is 37.4 Å². The van der Waals surface area contributed by atoms with Gasteiger partial charge in [-0.1, -0.05) is 29.3 Å². The Morgan fingerprint density at radius 1 is 1.09 bits per heavy atom. The Kier molecular flexibility index (Phi) is 5.98. The van der Waals surface area contributed by atoms with Gasteiger partial charge in [0.1, 0.15) is 30.1 Å². The molecular formula is C23H22Cl2N2O6. The van der Waals surface area contributed by atoms with E-state index in [0.717, 1.165) is 16.5 Å². The Morgan fingerprint density at radius 2 is 1.91 bits per heavy atom. The average molecular weight is 493 g/mol. The maximum atomic E-state index is 10.5. The summed E-state index contributed by atoms with van der Waals surface area (Å²) in [6.45, 7) is 0.0635. The Balaban J connectivity index is 1.54. The number of nitrogens with zero attached hydrogens (tertiary/aromatic N) is 2. The number of halogens is 2. The van der Waals surface area contributed by atoms with E-state index in [1.807, 2.05) is 41.1 Å². The summed E-state index contributed by atoms with van der Waals surface area (Å²) in [6.07, 6.45) is -2.43. The van der Waals surface area contributed by atoms with E-state index in [1.165, 1.54) is 0 Å². The Labute approximate surface area is 199 Å². The quantitative estimate of drug-likeness (QED) is 0.505. The van der Waals surface area contributed by atoms with Gasteiger partial charge in [0.25, 0.3) is 0 Å². The van der Waals surface area contributed by atoms with Gasteiger partial charge in [-0.2, -0.15) is 0 Å². The first kappa shape index (κ1) is 22.5. The Morgan fingerprint density at radius 3 is 2.64 bits per heavy atom. The number of aromatic nitrogens is 1. The van der Waals surface area contributed by atoms with Crippen LogP contribution in [0.4, 0.5) is 0 Å². The SMILES string of the molecule is COc1ccc2c(C3=N[C@@H]4C(O)[C@H](O)[C@@H](CO)O[C@@H]4O3)cn(Cc3ccc(Cl)c(Cl)c3)c2c1. The summed E-state index contributed by atoms with van der Waals surface area (Å²) in [4.78, 5) is 4.51. The van der Waals surface area contributed by atoms with E-state index >= 15 is 0 Å². The highest BCUT2D eigenvalue weighted by atomic mass is 35.5. The van der Waals surface area contributed by atoms with Gasteiger partial charge in [0, 0.05) is 24.2 Å². The fourth-order valence-electron chi connectivity index (χ4n) is 4.25. The number of hydrogen-bond acceptors (Lipinski definition) is 7. The minimum Gasteiger partial charge on any atom is -0.497 e. The number of aliphatic imine (C=N–C) groups is 1. The zero-order valence-electron chi connectivity index (χ0n) is 17.6. The minimum atomic E-state index is -1.26. The predicted molar refractivity (Wildman–Crippen MR) is 123 cm³/mol. The fraction of sp³-hybridized carbons (Fsp3) is 0.348. The molecule has 0 bridgehead atoms. The molecule has 0 aliphatic carbocycles. The van der Waals surface area contributed by atoms with E-state index in [2.05, 4.69) is 4.99 Å². The molecule has 3 N–H and O–H groups in total. The van der Waals surface area contributed by atoms with Gasteiger partial charge in [-0.3, -0.25) is 0 Å². The monoisotopic (exact) mass is 492 g/mol. The number of benzene rings is 2. The van der Waals surface area contributed by atoms with Gasteiger partial charge in [0.15, 0.2) is 0 Å². The topological polar surface area (TPSA) is 106 Å².